The van der Waals surface area contributed by atoms with E-state index in [4.69, 9.17) is 23.1 Å². The van der Waals surface area contributed by atoms with Crippen molar-refractivity contribution >= 4 is 10.1 Å². The highest BCUT2D eigenvalue weighted by Crippen LogP contribution is 2.70. The largest absolute Gasteiger partial charge is 0.347 e. The molecule has 7 rings (SSSR count). The zero-order valence-electron chi connectivity index (χ0n) is 24.0. The Labute approximate surface area is 239 Å². The van der Waals surface area contributed by atoms with Crippen LogP contribution in [0.2, 0.25) is 0 Å². The van der Waals surface area contributed by atoms with E-state index >= 15 is 0 Å². The van der Waals surface area contributed by atoms with Gasteiger partial charge in [-0.05, 0) is 87.2 Å². The van der Waals surface area contributed by atoms with Crippen molar-refractivity contribution in [1.29, 1.82) is 0 Å². The van der Waals surface area contributed by atoms with Crippen molar-refractivity contribution in [3.05, 3.63) is 41.5 Å². The van der Waals surface area contributed by atoms with Gasteiger partial charge in [-0.3, -0.25) is 4.18 Å². The van der Waals surface area contributed by atoms with Crippen LogP contribution in [0.1, 0.15) is 76.7 Å². The molecule has 8 heteroatoms. The molecular formula is C32H44O7S. The summed E-state index contributed by atoms with van der Waals surface area (Å²) in [4.78, 5) is 0.225. The van der Waals surface area contributed by atoms with Crippen molar-refractivity contribution in [3.63, 3.8) is 0 Å². The van der Waals surface area contributed by atoms with E-state index < -0.39 is 21.7 Å². The molecule has 0 unspecified atom stereocenters. The Morgan fingerprint density at radius 1 is 0.900 bits per heavy atom. The van der Waals surface area contributed by atoms with Gasteiger partial charge in [0.25, 0.3) is 10.1 Å². The second-order valence-corrected chi connectivity index (χ2v) is 15.0. The molecule has 2 aliphatic heterocycles. The summed E-state index contributed by atoms with van der Waals surface area (Å²) in [6.07, 6.45) is 12.4. The highest BCUT2D eigenvalue weighted by atomic mass is 32.2. The molecule has 2 spiro atoms. The Morgan fingerprint density at radius 3 is 2.35 bits per heavy atom. The van der Waals surface area contributed by atoms with Gasteiger partial charge in [-0.1, -0.05) is 36.3 Å². The van der Waals surface area contributed by atoms with Crippen LogP contribution in [0.25, 0.3) is 0 Å². The Bertz CT molecular complexity index is 1240. The maximum absolute atomic E-state index is 12.9. The Morgan fingerprint density at radius 2 is 1.60 bits per heavy atom. The van der Waals surface area contributed by atoms with E-state index in [0.29, 0.717) is 50.6 Å². The van der Waals surface area contributed by atoms with Crippen LogP contribution >= 0.6 is 0 Å². The van der Waals surface area contributed by atoms with Gasteiger partial charge < -0.3 is 18.9 Å². The SMILES string of the molecule is Cc1ccc(S(=O)(=O)OCCC[C@]23CCC4(CC2=CC[C@@H]2[C@@H]3CC[C@@]3(C)[C@H]2CCC32OCCO2)OCCO4)cc1. The van der Waals surface area contributed by atoms with E-state index in [0.717, 1.165) is 63.4 Å². The molecule has 6 aliphatic rings. The van der Waals surface area contributed by atoms with Gasteiger partial charge in [0.05, 0.1) is 37.9 Å². The van der Waals surface area contributed by atoms with E-state index in [-0.39, 0.29) is 22.3 Å². The molecule has 5 atom stereocenters. The minimum absolute atomic E-state index is 0.0366. The van der Waals surface area contributed by atoms with Crippen LogP contribution in [0.15, 0.2) is 40.8 Å². The molecule has 1 aromatic rings. The van der Waals surface area contributed by atoms with Crippen LogP contribution in [0, 0.1) is 35.5 Å². The lowest BCUT2D eigenvalue weighted by molar-refractivity contribution is -0.244. The molecule has 7 nitrogen and oxygen atoms in total. The average Bonchev–Trinajstić information content (AvgIpc) is 3.68. The van der Waals surface area contributed by atoms with Crippen molar-refractivity contribution in [2.75, 3.05) is 33.0 Å². The van der Waals surface area contributed by atoms with Crippen LogP contribution in [0.4, 0.5) is 0 Å². The van der Waals surface area contributed by atoms with E-state index in [1.54, 1.807) is 12.1 Å². The number of rotatable bonds is 6. The molecule has 2 heterocycles. The third kappa shape index (κ3) is 4.19. The standard InChI is InChI=1S/C32H44O7S/c1-23-4-7-25(8-5-23)40(33,34)39-17-3-12-30-15-16-31(35-18-19-36-31)22-24(30)6-9-26-27-11-14-32(37-20-21-38-32)29(27,2)13-10-28(26)30/h4-8,26-28H,3,9-22H2,1-2H3/t26-,27-,28-,29-,30-/m0/s1. The molecule has 0 N–H and O–H groups in total. The predicted octanol–water partition coefficient (Wildman–Crippen LogP) is 5.91. The number of aryl methyl sites for hydroxylation is 1. The first kappa shape index (κ1) is 27.5. The third-order valence-electron chi connectivity index (χ3n) is 11.8. The molecule has 3 saturated carbocycles. The summed E-state index contributed by atoms with van der Waals surface area (Å²) < 4.78 is 56.4. The lowest BCUT2D eigenvalue weighted by Crippen LogP contribution is -2.56. The average molecular weight is 573 g/mol. The summed E-state index contributed by atoms with van der Waals surface area (Å²) >= 11 is 0. The summed E-state index contributed by atoms with van der Waals surface area (Å²) in [6, 6.07) is 6.88. The number of hydrogen-bond donors (Lipinski definition) is 0. The summed E-state index contributed by atoms with van der Waals surface area (Å²) in [5.74, 6) is 0.854. The molecule has 0 bridgehead atoms. The maximum Gasteiger partial charge on any atom is 0.296 e. The van der Waals surface area contributed by atoms with Gasteiger partial charge in [0.1, 0.15) is 0 Å². The topological polar surface area (TPSA) is 80.3 Å². The smallest absolute Gasteiger partial charge is 0.296 e. The van der Waals surface area contributed by atoms with Crippen molar-refractivity contribution in [2.24, 2.45) is 28.6 Å². The summed E-state index contributed by atoms with van der Waals surface area (Å²) in [7, 11) is -3.77. The number of allylic oxidation sites excluding steroid dienone is 1. The Balaban J connectivity index is 1.12. The van der Waals surface area contributed by atoms with Crippen LogP contribution in [0.5, 0.6) is 0 Å². The Hall–Kier alpha value is -1.29. The number of ether oxygens (including phenoxy) is 4. The Kier molecular flexibility index (Phi) is 6.80. The zero-order chi connectivity index (χ0) is 27.6. The first-order valence-corrected chi connectivity index (χ1v) is 16.8. The number of hydrogen-bond acceptors (Lipinski definition) is 7. The van der Waals surface area contributed by atoms with Gasteiger partial charge in [-0.15, -0.1) is 0 Å². The van der Waals surface area contributed by atoms with Crippen molar-refractivity contribution in [2.45, 2.75) is 94.5 Å². The zero-order valence-corrected chi connectivity index (χ0v) is 24.8. The second kappa shape index (κ2) is 9.88. The van der Waals surface area contributed by atoms with E-state index in [1.165, 1.54) is 5.57 Å². The summed E-state index contributed by atoms with van der Waals surface area (Å²) in [6.45, 7) is 7.32. The van der Waals surface area contributed by atoms with Crippen molar-refractivity contribution < 1.29 is 31.5 Å². The summed E-state index contributed by atoms with van der Waals surface area (Å²) in [5.41, 5.74) is 2.59. The highest BCUT2D eigenvalue weighted by Gasteiger charge is 2.67. The van der Waals surface area contributed by atoms with E-state index in [1.807, 2.05) is 19.1 Å². The van der Waals surface area contributed by atoms with Crippen LogP contribution in [-0.4, -0.2) is 53.0 Å². The molecule has 0 radical (unpaired) electrons. The van der Waals surface area contributed by atoms with E-state index in [2.05, 4.69) is 13.0 Å². The van der Waals surface area contributed by atoms with Gasteiger partial charge in [0.2, 0.25) is 0 Å². The number of fused-ring (bicyclic) bond motifs is 6. The van der Waals surface area contributed by atoms with Crippen LogP contribution in [-0.2, 0) is 33.2 Å². The summed E-state index contributed by atoms with van der Waals surface area (Å²) in [5, 5.41) is 0. The molecule has 40 heavy (non-hydrogen) atoms. The van der Waals surface area contributed by atoms with Gasteiger partial charge in [0.15, 0.2) is 11.6 Å². The van der Waals surface area contributed by atoms with Crippen LogP contribution in [0.3, 0.4) is 0 Å². The monoisotopic (exact) mass is 572 g/mol. The molecule has 0 amide bonds. The fraction of sp³-hybridized carbons (Fsp3) is 0.750. The fourth-order valence-electron chi connectivity index (χ4n) is 9.84. The lowest BCUT2D eigenvalue weighted by Gasteiger charge is -2.60. The minimum atomic E-state index is -3.77. The van der Waals surface area contributed by atoms with Crippen molar-refractivity contribution in [3.8, 4) is 0 Å². The van der Waals surface area contributed by atoms with E-state index in [9.17, 15) is 8.42 Å². The van der Waals surface area contributed by atoms with Gasteiger partial charge in [-0.25, -0.2) is 0 Å². The highest BCUT2D eigenvalue weighted by molar-refractivity contribution is 7.86. The molecule has 1 aromatic carbocycles. The lowest BCUT2D eigenvalue weighted by atomic mass is 9.46. The normalized spacial score (nSPS) is 37.8. The molecule has 2 saturated heterocycles. The predicted molar refractivity (Wildman–Crippen MR) is 149 cm³/mol. The first-order chi connectivity index (χ1) is 19.2. The second-order valence-electron chi connectivity index (χ2n) is 13.4. The molecule has 0 aromatic heterocycles. The van der Waals surface area contributed by atoms with Gasteiger partial charge in [-0.2, -0.15) is 8.42 Å². The minimum Gasteiger partial charge on any atom is -0.347 e. The molecule has 220 valence electrons. The van der Waals surface area contributed by atoms with Gasteiger partial charge >= 0.3 is 0 Å². The molecule has 4 aliphatic carbocycles. The third-order valence-corrected chi connectivity index (χ3v) is 13.1. The molecule has 5 fully saturated rings. The van der Waals surface area contributed by atoms with Crippen LogP contribution < -0.4 is 0 Å². The molecular weight excluding hydrogens is 528 g/mol. The maximum atomic E-state index is 12.9. The van der Waals surface area contributed by atoms with Gasteiger partial charge in [0, 0.05) is 24.7 Å². The fourth-order valence-corrected chi connectivity index (χ4v) is 10.8. The van der Waals surface area contributed by atoms with Crippen molar-refractivity contribution in [1.82, 2.24) is 0 Å². The first-order valence-electron chi connectivity index (χ1n) is 15.4. The quantitative estimate of drug-likeness (QED) is 0.238. The number of benzene rings is 1.